The van der Waals surface area contributed by atoms with Gasteiger partial charge in [-0.1, -0.05) is 36.4 Å². The van der Waals surface area contributed by atoms with Crippen molar-refractivity contribution in [3.63, 3.8) is 0 Å². The minimum absolute atomic E-state index is 0.0760. The van der Waals surface area contributed by atoms with E-state index in [4.69, 9.17) is 18.9 Å². The molecule has 0 saturated carbocycles. The number of carbonyl (C=O) groups is 1. The molecule has 0 bridgehead atoms. The van der Waals surface area contributed by atoms with E-state index in [9.17, 15) is 4.79 Å². The average Bonchev–Trinajstić information content (AvgIpc) is 3.37. The molecule has 33 heavy (non-hydrogen) atoms. The van der Waals surface area contributed by atoms with Gasteiger partial charge in [-0.15, -0.1) is 11.8 Å². The van der Waals surface area contributed by atoms with Gasteiger partial charge in [-0.2, -0.15) is 0 Å². The maximum Gasteiger partial charge on any atom is 0.258 e. The molecule has 1 fully saturated rings. The normalized spacial score (nSPS) is 15.2. The summed E-state index contributed by atoms with van der Waals surface area (Å²) in [5.74, 6) is 3.23. The molecule has 0 aromatic heterocycles. The molecule has 1 aliphatic rings. The zero-order valence-electron chi connectivity index (χ0n) is 18.9. The van der Waals surface area contributed by atoms with Crippen LogP contribution in [-0.4, -0.2) is 44.4 Å². The van der Waals surface area contributed by atoms with Crippen LogP contribution in [0.4, 0.5) is 0 Å². The lowest BCUT2D eigenvalue weighted by atomic mass is 10.1. The van der Waals surface area contributed by atoms with Crippen LogP contribution in [0.3, 0.4) is 0 Å². The van der Waals surface area contributed by atoms with E-state index in [1.54, 1.807) is 51.3 Å². The first kappa shape index (κ1) is 22.9. The summed E-state index contributed by atoms with van der Waals surface area (Å²) >= 11 is 1.73. The Hall–Kier alpha value is -3.32. The predicted molar refractivity (Wildman–Crippen MR) is 130 cm³/mol. The fourth-order valence-corrected chi connectivity index (χ4v) is 5.02. The fraction of sp³-hybridized carbons (Fsp3) is 0.269. The van der Waals surface area contributed by atoms with Crippen molar-refractivity contribution in [2.24, 2.45) is 0 Å². The molecule has 1 unspecified atom stereocenters. The van der Waals surface area contributed by atoms with Crippen LogP contribution in [0.1, 0.15) is 26.9 Å². The van der Waals surface area contributed by atoms with Crippen molar-refractivity contribution in [1.82, 2.24) is 4.90 Å². The number of hydrogen-bond acceptors (Lipinski definition) is 6. The summed E-state index contributed by atoms with van der Waals surface area (Å²) in [5, 5.41) is -0.124. The molecule has 1 heterocycles. The quantitative estimate of drug-likeness (QED) is 0.457. The lowest BCUT2D eigenvalue weighted by Crippen LogP contribution is -2.30. The van der Waals surface area contributed by atoms with E-state index in [1.807, 2.05) is 53.4 Å². The first-order valence-electron chi connectivity index (χ1n) is 10.6. The van der Waals surface area contributed by atoms with Gasteiger partial charge in [-0.05, 0) is 35.4 Å². The van der Waals surface area contributed by atoms with Gasteiger partial charge < -0.3 is 23.8 Å². The molecule has 3 aromatic carbocycles. The molecule has 172 valence electrons. The van der Waals surface area contributed by atoms with E-state index >= 15 is 0 Å². The van der Waals surface area contributed by atoms with Gasteiger partial charge >= 0.3 is 0 Å². The topological polar surface area (TPSA) is 57.2 Å². The van der Waals surface area contributed by atoms with Gasteiger partial charge in [0.2, 0.25) is 0 Å². The Bertz CT molecular complexity index is 1110. The smallest absolute Gasteiger partial charge is 0.258 e. The Morgan fingerprint density at radius 2 is 1.70 bits per heavy atom. The SMILES string of the molecule is COc1ccc(C(=O)N2CCSC2c2ccc(OCc3ccccc3)c(OC)c2)c(OC)c1. The zero-order valence-corrected chi connectivity index (χ0v) is 19.8. The second-order valence-electron chi connectivity index (χ2n) is 7.47. The Labute approximate surface area is 198 Å². The lowest BCUT2D eigenvalue weighted by molar-refractivity contribution is 0.0756. The van der Waals surface area contributed by atoms with Crippen LogP contribution in [0.15, 0.2) is 66.7 Å². The highest BCUT2D eigenvalue weighted by Crippen LogP contribution is 2.42. The summed E-state index contributed by atoms with van der Waals surface area (Å²) in [5.41, 5.74) is 2.59. The van der Waals surface area contributed by atoms with Gasteiger partial charge in [0.25, 0.3) is 5.91 Å². The molecule has 1 amide bonds. The van der Waals surface area contributed by atoms with Gasteiger partial charge in [0, 0.05) is 18.4 Å². The van der Waals surface area contributed by atoms with Gasteiger partial charge in [0.1, 0.15) is 23.5 Å². The van der Waals surface area contributed by atoms with Crippen LogP contribution >= 0.6 is 11.8 Å². The molecule has 0 radical (unpaired) electrons. The monoisotopic (exact) mass is 465 g/mol. The molecule has 7 heteroatoms. The maximum atomic E-state index is 13.4. The lowest BCUT2D eigenvalue weighted by Gasteiger charge is -2.25. The predicted octanol–water partition coefficient (Wildman–Crippen LogP) is 5.18. The molecule has 1 atom stereocenters. The molecule has 1 aliphatic heterocycles. The second kappa shape index (κ2) is 10.5. The summed E-state index contributed by atoms with van der Waals surface area (Å²) in [6.07, 6.45) is 0. The zero-order chi connectivity index (χ0) is 23.2. The maximum absolute atomic E-state index is 13.4. The average molecular weight is 466 g/mol. The molecule has 0 N–H and O–H groups in total. The number of rotatable bonds is 8. The van der Waals surface area contributed by atoms with E-state index in [0.29, 0.717) is 41.7 Å². The number of hydrogen-bond donors (Lipinski definition) is 0. The highest BCUT2D eigenvalue weighted by atomic mass is 32.2. The molecular weight excluding hydrogens is 438 g/mol. The molecule has 4 rings (SSSR count). The van der Waals surface area contributed by atoms with Gasteiger partial charge in [0.05, 0.1) is 26.9 Å². The van der Waals surface area contributed by atoms with Crippen molar-refractivity contribution in [2.45, 2.75) is 12.0 Å². The number of ether oxygens (including phenoxy) is 4. The third-order valence-electron chi connectivity index (χ3n) is 5.50. The van der Waals surface area contributed by atoms with Crippen molar-refractivity contribution in [3.05, 3.63) is 83.4 Å². The van der Waals surface area contributed by atoms with E-state index in [0.717, 1.165) is 16.9 Å². The van der Waals surface area contributed by atoms with Crippen LogP contribution in [0.2, 0.25) is 0 Å². The van der Waals surface area contributed by atoms with Crippen molar-refractivity contribution in [3.8, 4) is 23.0 Å². The van der Waals surface area contributed by atoms with E-state index in [-0.39, 0.29) is 11.3 Å². The summed E-state index contributed by atoms with van der Waals surface area (Å²) in [6.45, 7) is 1.11. The summed E-state index contributed by atoms with van der Waals surface area (Å²) in [6, 6.07) is 21.1. The van der Waals surface area contributed by atoms with Crippen LogP contribution in [0.5, 0.6) is 23.0 Å². The molecular formula is C26H27NO5S. The minimum Gasteiger partial charge on any atom is -0.497 e. The summed E-state index contributed by atoms with van der Waals surface area (Å²) < 4.78 is 22.3. The molecule has 1 saturated heterocycles. The highest BCUT2D eigenvalue weighted by Gasteiger charge is 2.33. The minimum atomic E-state index is -0.124. The van der Waals surface area contributed by atoms with Gasteiger partial charge in [-0.25, -0.2) is 0 Å². The Morgan fingerprint density at radius 3 is 2.42 bits per heavy atom. The first-order chi connectivity index (χ1) is 16.1. The van der Waals surface area contributed by atoms with Crippen LogP contribution in [0.25, 0.3) is 0 Å². The van der Waals surface area contributed by atoms with Crippen LogP contribution < -0.4 is 18.9 Å². The molecule has 0 spiro atoms. The van der Waals surface area contributed by atoms with Crippen molar-refractivity contribution in [1.29, 1.82) is 0 Å². The van der Waals surface area contributed by atoms with Gasteiger partial charge in [0.15, 0.2) is 11.5 Å². The molecule has 0 aliphatic carbocycles. The van der Waals surface area contributed by atoms with Gasteiger partial charge in [-0.3, -0.25) is 4.79 Å². The number of carbonyl (C=O) groups excluding carboxylic acids is 1. The number of amides is 1. The highest BCUT2D eigenvalue weighted by molar-refractivity contribution is 7.99. The van der Waals surface area contributed by atoms with Crippen molar-refractivity contribution >= 4 is 17.7 Å². The number of methoxy groups -OCH3 is 3. The third kappa shape index (κ3) is 5.03. The standard InChI is InChI=1S/C26H27NO5S/c1-29-20-10-11-21(23(16-20)30-2)25(28)27-13-14-33-26(27)19-9-12-22(24(15-19)31-3)32-17-18-7-5-4-6-8-18/h4-12,15-16,26H,13-14,17H2,1-3H3. The van der Waals surface area contributed by atoms with Crippen molar-refractivity contribution in [2.75, 3.05) is 33.6 Å². The van der Waals surface area contributed by atoms with E-state index in [2.05, 4.69) is 0 Å². The summed E-state index contributed by atoms with van der Waals surface area (Å²) in [7, 11) is 4.77. The fourth-order valence-electron chi connectivity index (χ4n) is 3.78. The first-order valence-corrected chi connectivity index (χ1v) is 11.7. The van der Waals surface area contributed by atoms with E-state index < -0.39 is 0 Å². The largest absolute Gasteiger partial charge is 0.497 e. The van der Waals surface area contributed by atoms with Crippen LogP contribution in [-0.2, 0) is 6.61 Å². The third-order valence-corrected chi connectivity index (χ3v) is 6.76. The number of nitrogens with zero attached hydrogens (tertiary/aromatic N) is 1. The second-order valence-corrected chi connectivity index (χ2v) is 8.66. The Kier molecular flexibility index (Phi) is 7.29. The molecule has 6 nitrogen and oxygen atoms in total. The number of thioether (sulfide) groups is 1. The Balaban J connectivity index is 1.55. The summed E-state index contributed by atoms with van der Waals surface area (Å²) in [4.78, 5) is 15.3. The van der Waals surface area contributed by atoms with Crippen molar-refractivity contribution < 1.29 is 23.7 Å². The van der Waals surface area contributed by atoms with E-state index in [1.165, 1.54) is 0 Å². The Morgan fingerprint density at radius 1 is 0.909 bits per heavy atom. The van der Waals surface area contributed by atoms with Crippen LogP contribution in [0, 0.1) is 0 Å². The molecule has 3 aromatic rings. The number of benzene rings is 3.